The molecule has 6 heteroatoms. The van der Waals surface area contributed by atoms with Gasteiger partial charge in [-0.25, -0.2) is 0 Å². The molecule has 82 valence electrons. The van der Waals surface area contributed by atoms with Gasteiger partial charge in [0, 0.05) is 24.1 Å². The maximum absolute atomic E-state index is 10.6. The van der Waals surface area contributed by atoms with Gasteiger partial charge in [0.15, 0.2) is 11.5 Å². The zero-order valence-corrected chi connectivity index (χ0v) is 7.84. The van der Waals surface area contributed by atoms with E-state index in [0.717, 1.165) is 12.1 Å². The number of phenols is 3. The number of phenolic OH excluding ortho intramolecular Hbond substituents is 3. The van der Waals surface area contributed by atoms with Gasteiger partial charge < -0.3 is 26.8 Å². The third-order valence-corrected chi connectivity index (χ3v) is 1.94. The van der Waals surface area contributed by atoms with Crippen LogP contribution >= 0.6 is 0 Å². The minimum Gasteiger partial charge on any atom is -0.507 e. The molecule has 1 unspecified atom stereocenters. The molecule has 0 aromatic heterocycles. The largest absolute Gasteiger partial charge is 0.507 e. The highest BCUT2D eigenvalue weighted by atomic mass is 16.3. The van der Waals surface area contributed by atoms with Crippen LogP contribution in [0.3, 0.4) is 0 Å². The summed E-state index contributed by atoms with van der Waals surface area (Å²) in [6, 6.07) is 1.23. The van der Waals surface area contributed by atoms with E-state index < -0.39 is 23.4 Å². The lowest BCUT2D eigenvalue weighted by atomic mass is 10.0. The summed E-state index contributed by atoms with van der Waals surface area (Å²) in [5.74, 6) is -1.78. The Balaban J connectivity index is 3.03. The van der Waals surface area contributed by atoms with Crippen molar-refractivity contribution in [3.8, 4) is 17.2 Å². The van der Waals surface area contributed by atoms with Gasteiger partial charge >= 0.3 is 0 Å². The smallest absolute Gasteiger partial charge is 0.219 e. The first-order valence-corrected chi connectivity index (χ1v) is 4.20. The summed E-state index contributed by atoms with van der Waals surface area (Å²) in [6.07, 6.45) is -0.155. The van der Waals surface area contributed by atoms with Crippen molar-refractivity contribution >= 4 is 5.91 Å². The number of aromatic hydroxyl groups is 3. The van der Waals surface area contributed by atoms with Crippen molar-refractivity contribution in [1.29, 1.82) is 0 Å². The Labute approximate surface area is 85.8 Å². The molecule has 0 saturated heterocycles. The van der Waals surface area contributed by atoms with Gasteiger partial charge in [-0.15, -0.1) is 0 Å². The van der Waals surface area contributed by atoms with E-state index in [2.05, 4.69) is 0 Å². The van der Waals surface area contributed by atoms with Crippen LogP contribution in [0.2, 0.25) is 0 Å². The van der Waals surface area contributed by atoms with Crippen molar-refractivity contribution in [1.82, 2.24) is 0 Å². The number of nitrogens with two attached hydrogens (primary N) is 2. The van der Waals surface area contributed by atoms with Crippen LogP contribution in [-0.4, -0.2) is 21.2 Å². The second-order valence-corrected chi connectivity index (χ2v) is 3.18. The second-order valence-electron chi connectivity index (χ2n) is 3.18. The standard InChI is InChI=1S/C9H12N2O4/c10-5(2-9(11)15)4-1-7(13)8(14)3-6(4)12/h1,3,5,12-14H,2,10H2,(H2,11,15). The normalized spacial score (nSPS) is 12.3. The maximum atomic E-state index is 10.6. The lowest BCUT2D eigenvalue weighted by Crippen LogP contribution is -2.20. The zero-order chi connectivity index (χ0) is 11.6. The summed E-state index contributed by atoms with van der Waals surface area (Å²) in [7, 11) is 0. The molecule has 0 aliphatic rings. The molecular formula is C9H12N2O4. The monoisotopic (exact) mass is 212 g/mol. The van der Waals surface area contributed by atoms with Gasteiger partial charge in [0.2, 0.25) is 5.91 Å². The fourth-order valence-electron chi connectivity index (χ4n) is 1.21. The molecule has 0 saturated carbocycles. The molecule has 0 radical (unpaired) electrons. The molecule has 1 rings (SSSR count). The van der Waals surface area contributed by atoms with Gasteiger partial charge in [-0.3, -0.25) is 4.79 Å². The van der Waals surface area contributed by atoms with E-state index >= 15 is 0 Å². The van der Waals surface area contributed by atoms with E-state index in [4.69, 9.17) is 16.6 Å². The zero-order valence-electron chi connectivity index (χ0n) is 7.84. The number of hydrogen-bond acceptors (Lipinski definition) is 5. The van der Waals surface area contributed by atoms with Crippen LogP contribution in [-0.2, 0) is 4.79 Å². The molecule has 0 spiro atoms. The highest BCUT2D eigenvalue weighted by Crippen LogP contribution is 2.35. The van der Waals surface area contributed by atoms with Crippen molar-refractivity contribution in [2.75, 3.05) is 0 Å². The fourth-order valence-corrected chi connectivity index (χ4v) is 1.21. The van der Waals surface area contributed by atoms with E-state index in [1.807, 2.05) is 0 Å². The molecule has 1 atom stereocenters. The van der Waals surface area contributed by atoms with Crippen LogP contribution < -0.4 is 11.5 Å². The lowest BCUT2D eigenvalue weighted by Gasteiger charge is -2.12. The van der Waals surface area contributed by atoms with Crippen molar-refractivity contribution in [2.24, 2.45) is 11.5 Å². The van der Waals surface area contributed by atoms with Crippen LogP contribution in [0.4, 0.5) is 0 Å². The molecule has 6 nitrogen and oxygen atoms in total. The van der Waals surface area contributed by atoms with Crippen LogP contribution in [0.15, 0.2) is 12.1 Å². The first-order chi connectivity index (χ1) is 6.91. The minimum atomic E-state index is -0.811. The number of benzene rings is 1. The maximum Gasteiger partial charge on any atom is 0.219 e. The lowest BCUT2D eigenvalue weighted by molar-refractivity contribution is -0.118. The number of rotatable bonds is 3. The van der Waals surface area contributed by atoms with Crippen LogP contribution in [0.1, 0.15) is 18.0 Å². The molecule has 0 bridgehead atoms. The van der Waals surface area contributed by atoms with Crippen molar-refractivity contribution in [3.05, 3.63) is 17.7 Å². The first kappa shape index (κ1) is 11.1. The molecular weight excluding hydrogens is 200 g/mol. The third-order valence-electron chi connectivity index (χ3n) is 1.94. The van der Waals surface area contributed by atoms with E-state index in [-0.39, 0.29) is 17.7 Å². The van der Waals surface area contributed by atoms with Crippen LogP contribution in [0, 0.1) is 0 Å². The van der Waals surface area contributed by atoms with E-state index in [1.54, 1.807) is 0 Å². The average Bonchev–Trinajstić information content (AvgIpc) is 2.09. The summed E-state index contributed by atoms with van der Waals surface area (Å²) >= 11 is 0. The van der Waals surface area contributed by atoms with Crippen molar-refractivity contribution in [3.63, 3.8) is 0 Å². The Bertz CT molecular complexity index is 392. The Morgan fingerprint density at radius 1 is 1.20 bits per heavy atom. The summed E-state index contributed by atoms with van der Waals surface area (Å²) < 4.78 is 0. The van der Waals surface area contributed by atoms with Gasteiger partial charge in [0.1, 0.15) is 5.75 Å². The molecule has 0 heterocycles. The molecule has 7 N–H and O–H groups in total. The molecule has 0 aliphatic carbocycles. The quantitative estimate of drug-likeness (QED) is 0.346. The van der Waals surface area contributed by atoms with Gasteiger partial charge in [-0.2, -0.15) is 0 Å². The van der Waals surface area contributed by atoms with E-state index in [0.29, 0.717) is 0 Å². The number of carbonyl (C=O) groups excluding carboxylic acids is 1. The fraction of sp³-hybridized carbons (Fsp3) is 0.222. The topological polar surface area (TPSA) is 130 Å². The highest BCUT2D eigenvalue weighted by Gasteiger charge is 2.16. The highest BCUT2D eigenvalue weighted by molar-refractivity contribution is 5.75. The van der Waals surface area contributed by atoms with Crippen molar-refractivity contribution < 1.29 is 20.1 Å². The van der Waals surface area contributed by atoms with E-state index in [9.17, 15) is 15.0 Å². The number of primary amides is 1. The number of hydrogen-bond donors (Lipinski definition) is 5. The Hall–Kier alpha value is -1.95. The van der Waals surface area contributed by atoms with Gasteiger partial charge in [0.25, 0.3) is 0 Å². The Morgan fingerprint density at radius 2 is 1.73 bits per heavy atom. The number of amides is 1. The van der Waals surface area contributed by atoms with Crippen molar-refractivity contribution in [2.45, 2.75) is 12.5 Å². The third kappa shape index (κ3) is 2.50. The predicted octanol–water partition coefficient (Wildman–Crippen LogP) is -0.321. The van der Waals surface area contributed by atoms with Gasteiger partial charge in [-0.05, 0) is 6.07 Å². The summed E-state index contributed by atoms with van der Waals surface area (Å²) in [6.45, 7) is 0. The van der Waals surface area contributed by atoms with Gasteiger partial charge in [0.05, 0.1) is 0 Å². The Morgan fingerprint density at radius 3 is 2.27 bits per heavy atom. The average molecular weight is 212 g/mol. The number of carbonyl (C=O) groups is 1. The molecule has 1 aromatic carbocycles. The Kier molecular flexibility index (Phi) is 3.01. The van der Waals surface area contributed by atoms with Crippen LogP contribution in [0.25, 0.3) is 0 Å². The predicted molar refractivity (Wildman–Crippen MR) is 52.2 cm³/mol. The molecule has 15 heavy (non-hydrogen) atoms. The SMILES string of the molecule is NC(=O)CC(N)c1cc(O)c(O)cc1O. The molecule has 1 aromatic rings. The van der Waals surface area contributed by atoms with Crippen LogP contribution in [0.5, 0.6) is 17.2 Å². The molecule has 0 fully saturated rings. The van der Waals surface area contributed by atoms with Gasteiger partial charge in [-0.1, -0.05) is 0 Å². The second kappa shape index (κ2) is 4.05. The summed E-state index contributed by atoms with van der Waals surface area (Å²) in [4.78, 5) is 10.6. The molecule has 1 amide bonds. The van der Waals surface area contributed by atoms with E-state index in [1.165, 1.54) is 0 Å². The summed E-state index contributed by atoms with van der Waals surface area (Å²) in [5, 5.41) is 27.6. The summed E-state index contributed by atoms with van der Waals surface area (Å²) in [5.41, 5.74) is 10.7. The minimum absolute atomic E-state index is 0.155. The molecule has 0 aliphatic heterocycles. The first-order valence-electron chi connectivity index (χ1n) is 4.20.